The summed E-state index contributed by atoms with van der Waals surface area (Å²) in [4.78, 5) is 13.5. The summed E-state index contributed by atoms with van der Waals surface area (Å²) in [6, 6.07) is 8.77. The highest BCUT2D eigenvalue weighted by Gasteiger charge is 2.16. The van der Waals surface area contributed by atoms with Crippen molar-refractivity contribution < 1.29 is 14.3 Å². The Labute approximate surface area is 127 Å². The van der Waals surface area contributed by atoms with Gasteiger partial charge in [-0.05, 0) is 42.1 Å². The number of carboxylic acids is 1. The fraction of sp³-hybridized carbons (Fsp3) is 0.188. The van der Waals surface area contributed by atoms with E-state index in [-0.39, 0.29) is 11.9 Å². The van der Waals surface area contributed by atoms with E-state index in [1.54, 1.807) is 23.5 Å². The largest absolute Gasteiger partial charge is 0.478 e. The molecule has 0 aliphatic rings. The smallest absolute Gasteiger partial charge is 0.328 e. The molecule has 0 bridgehead atoms. The number of carboxylic acid groups (broad SMARTS) is 1. The Morgan fingerprint density at radius 2 is 2.19 bits per heavy atom. The van der Waals surface area contributed by atoms with E-state index >= 15 is 0 Å². The lowest BCUT2D eigenvalue weighted by Gasteiger charge is -2.26. The molecule has 0 aliphatic carbocycles. The Hall–Kier alpha value is -2.14. The van der Waals surface area contributed by atoms with Crippen LogP contribution >= 0.6 is 11.3 Å². The summed E-state index contributed by atoms with van der Waals surface area (Å²) in [5.74, 6) is -1.42. The van der Waals surface area contributed by atoms with Crippen LogP contribution in [0.4, 0.5) is 10.1 Å². The molecule has 0 fully saturated rings. The van der Waals surface area contributed by atoms with Crippen LogP contribution in [0, 0.1) is 5.82 Å². The molecule has 1 aromatic heterocycles. The average molecular weight is 305 g/mol. The number of rotatable bonds is 5. The summed E-state index contributed by atoms with van der Waals surface area (Å²) in [6.07, 6.45) is 2.37. The van der Waals surface area contributed by atoms with E-state index in [1.807, 2.05) is 36.4 Å². The summed E-state index contributed by atoms with van der Waals surface area (Å²) in [5, 5.41) is 10.6. The number of anilines is 1. The van der Waals surface area contributed by atoms with Crippen molar-refractivity contribution in [2.75, 3.05) is 11.9 Å². The van der Waals surface area contributed by atoms with Gasteiger partial charge < -0.3 is 10.0 Å². The van der Waals surface area contributed by atoms with E-state index in [0.29, 0.717) is 11.3 Å². The van der Waals surface area contributed by atoms with Gasteiger partial charge in [-0.15, -0.1) is 11.3 Å². The summed E-state index contributed by atoms with van der Waals surface area (Å²) in [5.41, 5.74) is 1.01. The van der Waals surface area contributed by atoms with Gasteiger partial charge in [0.15, 0.2) is 0 Å². The molecule has 110 valence electrons. The number of hydrogen-bond donors (Lipinski definition) is 1. The fourth-order valence-electron chi connectivity index (χ4n) is 2.01. The number of benzene rings is 1. The number of carbonyl (C=O) groups is 1. The van der Waals surface area contributed by atoms with Crippen molar-refractivity contribution >= 4 is 29.1 Å². The summed E-state index contributed by atoms with van der Waals surface area (Å²) in [7, 11) is 1.84. The summed E-state index contributed by atoms with van der Waals surface area (Å²) >= 11 is 1.63. The lowest BCUT2D eigenvalue weighted by Crippen LogP contribution is -2.21. The van der Waals surface area contributed by atoms with Gasteiger partial charge in [-0.3, -0.25) is 0 Å². The lowest BCUT2D eigenvalue weighted by atomic mass is 10.1. The first kappa shape index (κ1) is 15.3. The molecule has 5 heteroatoms. The SMILES string of the molecule is CC(c1cccs1)N(C)c1ccc(C=CC(=O)O)cc1F. The van der Waals surface area contributed by atoms with Crippen molar-refractivity contribution in [2.24, 2.45) is 0 Å². The molecule has 0 spiro atoms. The van der Waals surface area contributed by atoms with Gasteiger partial charge in [0.05, 0.1) is 11.7 Å². The van der Waals surface area contributed by atoms with Gasteiger partial charge in [0, 0.05) is 18.0 Å². The third-order valence-corrected chi connectivity index (χ3v) is 4.35. The Bertz CT molecular complexity index is 652. The van der Waals surface area contributed by atoms with Crippen molar-refractivity contribution in [3.8, 4) is 0 Å². The maximum Gasteiger partial charge on any atom is 0.328 e. The van der Waals surface area contributed by atoms with Gasteiger partial charge in [-0.2, -0.15) is 0 Å². The fourth-order valence-corrected chi connectivity index (χ4v) is 2.84. The van der Waals surface area contributed by atoms with Crippen LogP contribution in [-0.2, 0) is 4.79 Å². The second-order valence-corrected chi connectivity index (χ2v) is 5.66. The van der Waals surface area contributed by atoms with Crippen molar-refractivity contribution in [3.63, 3.8) is 0 Å². The number of thiophene rings is 1. The van der Waals surface area contributed by atoms with Crippen LogP contribution in [0.3, 0.4) is 0 Å². The first-order valence-corrected chi connectivity index (χ1v) is 7.34. The van der Waals surface area contributed by atoms with E-state index in [2.05, 4.69) is 0 Å². The molecular weight excluding hydrogens is 289 g/mol. The maximum atomic E-state index is 14.2. The average Bonchev–Trinajstić information content (AvgIpc) is 2.98. The molecule has 2 aromatic rings. The van der Waals surface area contributed by atoms with Crippen molar-refractivity contribution in [2.45, 2.75) is 13.0 Å². The van der Waals surface area contributed by atoms with Crippen LogP contribution in [0.2, 0.25) is 0 Å². The molecule has 0 amide bonds. The van der Waals surface area contributed by atoms with Gasteiger partial charge in [0.1, 0.15) is 5.82 Å². The Kier molecular flexibility index (Phi) is 4.75. The minimum Gasteiger partial charge on any atom is -0.478 e. The summed E-state index contributed by atoms with van der Waals surface area (Å²) < 4.78 is 14.2. The van der Waals surface area contributed by atoms with Gasteiger partial charge in [-0.25, -0.2) is 9.18 Å². The molecule has 1 aromatic carbocycles. The van der Waals surface area contributed by atoms with Crippen molar-refractivity contribution in [1.82, 2.24) is 0 Å². The highest BCUT2D eigenvalue weighted by Crippen LogP contribution is 2.30. The minimum absolute atomic E-state index is 0.0694. The number of hydrogen-bond acceptors (Lipinski definition) is 3. The van der Waals surface area contributed by atoms with E-state index < -0.39 is 5.97 Å². The van der Waals surface area contributed by atoms with E-state index in [0.717, 1.165) is 11.0 Å². The minimum atomic E-state index is -1.05. The van der Waals surface area contributed by atoms with Crippen LogP contribution in [-0.4, -0.2) is 18.1 Å². The molecule has 2 rings (SSSR count). The zero-order valence-electron chi connectivity index (χ0n) is 11.8. The molecule has 3 nitrogen and oxygen atoms in total. The van der Waals surface area contributed by atoms with Crippen LogP contribution in [0.15, 0.2) is 41.8 Å². The molecule has 1 atom stereocenters. The highest BCUT2D eigenvalue weighted by molar-refractivity contribution is 7.10. The first-order valence-electron chi connectivity index (χ1n) is 6.46. The molecule has 1 heterocycles. The predicted molar refractivity (Wildman–Crippen MR) is 84.2 cm³/mol. The molecule has 21 heavy (non-hydrogen) atoms. The molecule has 0 saturated carbocycles. The van der Waals surface area contributed by atoms with Crippen LogP contribution in [0.1, 0.15) is 23.4 Å². The van der Waals surface area contributed by atoms with E-state index in [4.69, 9.17) is 5.11 Å². The zero-order valence-corrected chi connectivity index (χ0v) is 12.6. The number of aliphatic carboxylic acids is 1. The van der Waals surface area contributed by atoms with Crippen LogP contribution < -0.4 is 4.90 Å². The second-order valence-electron chi connectivity index (χ2n) is 4.68. The van der Waals surface area contributed by atoms with Gasteiger partial charge >= 0.3 is 5.97 Å². The normalized spacial score (nSPS) is 12.5. The second kappa shape index (κ2) is 6.54. The van der Waals surface area contributed by atoms with Crippen molar-refractivity contribution in [3.05, 3.63) is 58.0 Å². The van der Waals surface area contributed by atoms with Gasteiger partial charge in [-0.1, -0.05) is 12.1 Å². The van der Waals surface area contributed by atoms with E-state index in [1.165, 1.54) is 12.1 Å². The molecule has 0 aliphatic heterocycles. The number of halogens is 1. The van der Waals surface area contributed by atoms with Crippen molar-refractivity contribution in [1.29, 1.82) is 0 Å². The standard InChI is InChI=1S/C16H16FNO2S/c1-11(15-4-3-9-21-15)18(2)14-7-5-12(10-13(14)17)6-8-16(19)20/h3-11H,1-2H3,(H,19,20). The van der Waals surface area contributed by atoms with Gasteiger partial charge in [0.25, 0.3) is 0 Å². The van der Waals surface area contributed by atoms with Crippen LogP contribution in [0.5, 0.6) is 0 Å². The third kappa shape index (κ3) is 3.70. The molecule has 0 saturated heterocycles. The Balaban J connectivity index is 2.22. The molecule has 1 unspecified atom stereocenters. The maximum absolute atomic E-state index is 14.2. The third-order valence-electron chi connectivity index (χ3n) is 3.31. The van der Waals surface area contributed by atoms with Crippen LogP contribution in [0.25, 0.3) is 6.08 Å². The topological polar surface area (TPSA) is 40.5 Å². The first-order chi connectivity index (χ1) is 9.99. The van der Waals surface area contributed by atoms with E-state index in [9.17, 15) is 9.18 Å². The number of nitrogens with zero attached hydrogens (tertiary/aromatic N) is 1. The van der Waals surface area contributed by atoms with Gasteiger partial charge in [0.2, 0.25) is 0 Å². The Morgan fingerprint density at radius 1 is 1.43 bits per heavy atom. The molecule has 1 N–H and O–H groups in total. The quantitative estimate of drug-likeness (QED) is 0.842. The Morgan fingerprint density at radius 3 is 2.76 bits per heavy atom. The molecule has 0 radical (unpaired) electrons. The highest BCUT2D eigenvalue weighted by atomic mass is 32.1. The zero-order chi connectivity index (χ0) is 15.4. The predicted octanol–water partition coefficient (Wildman–Crippen LogP) is 4.18. The summed E-state index contributed by atoms with van der Waals surface area (Å²) in [6.45, 7) is 2.02. The molecular formula is C16H16FNO2S. The lowest BCUT2D eigenvalue weighted by molar-refractivity contribution is -0.131. The monoisotopic (exact) mass is 305 g/mol.